The Hall–Kier alpha value is -1.27. The lowest BCUT2D eigenvalue weighted by Crippen LogP contribution is -2.53. The fourth-order valence-corrected chi connectivity index (χ4v) is 3.60. The minimum absolute atomic E-state index is 0.207. The van der Waals surface area contributed by atoms with Crippen LogP contribution >= 0.6 is 0 Å². The maximum Gasteiger partial charge on any atom is 0.161 e. The van der Waals surface area contributed by atoms with Crippen molar-refractivity contribution < 1.29 is 17.9 Å². The number of nitrogens with zero attached hydrogens (tertiary/aromatic N) is 1. The molecule has 3 rings (SSSR count). The van der Waals surface area contributed by atoms with Crippen LogP contribution in [-0.4, -0.2) is 51.1 Å². The Labute approximate surface area is 125 Å². The zero-order valence-corrected chi connectivity index (χ0v) is 13.1. The number of likely N-dealkylation sites (tertiary alicyclic amines) is 1. The van der Waals surface area contributed by atoms with Gasteiger partial charge in [-0.15, -0.1) is 0 Å². The van der Waals surface area contributed by atoms with E-state index in [2.05, 4.69) is 4.90 Å². The van der Waals surface area contributed by atoms with Crippen LogP contribution in [0.15, 0.2) is 18.2 Å². The van der Waals surface area contributed by atoms with Gasteiger partial charge in [-0.1, -0.05) is 6.07 Å². The summed E-state index contributed by atoms with van der Waals surface area (Å²) in [6.07, 6.45) is 3.33. The Morgan fingerprint density at radius 3 is 2.48 bits per heavy atom. The van der Waals surface area contributed by atoms with Crippen LogP contribution in [0.3, 0.4) is 0 Å². The largest absolute Gasteiger partial charge is 0.490 e. The van der Waals surface area contributed by atoms with Crippen molar-refractivity contribution in [3.63, 3.8) is 0 Å². The quantitative estimate of drug-likeness (QED) is 0.846. The molecule has 2 heterocycles. The molecule has 0 saturated carbocycles. The number of hydrogen-bond donors (Lipinski definition) is 0. The van der Waals surface area contributed by atoms with Gasteiger partial charge in [-0.2, -0.15) is 0 Å². The molecular formula is C15H21NO4S. The molecule has 0 N–H and O–H groups in total. The predicted octanol–water partition coefficient (Wildman–Crippen LogP) is 1.47. The molecular weight excluding hydrogens is 290 g/mol. The fourth-order valence-electron chi connectivity index (χ4n) is 2.63. The third-order valence-electron chi connectivity index (χ3n) is 4.00. The molecule has 21 heavy (non-hydrogen) atoms. The lowest BCUT2D eigenvalue weighted by molar-refractivity contribution is 0.175. The van der Waals surface area contributed by atoms with Crippen molar-refractivity contribution in [2.75, 3.05) is 32.6 Å². The van der Waals surface area contributed by atoms with Crippen LogP contribution in [0.2, 0.25) is 0 Å². The topological polar surface area (TPSA) is 55.8 Å². The molecule has 0 bridgehead atoms. The van der Waals surface area contributed by atoms with Gasteiger partial charge in [-0.05, 0) is 30.5 Å². The van der Waals surface area contributed by atoms with Gasteiger partial charge in [0, 0.05) is 25.9 Å². The summed E-state index contributed by atoms with van der Waals surface area (Å²) < 4.78 is 34.2. The first-order valence-electron chi connectivity index (χ1n) is 7.32. The number of hydrogen-bond acceptors (Lipinski definition) is 5. The fraction of sp³-hybridized carbons (Fsp3) is 0.600. The Balaban J connectivity index is 1.63. The maximum atomic E-state index is 11.4. The molecule has 1 aromatic carbocycles. The number of fused-ring (bicyclic) bond motifs is 1. The highest BCUT2D eigenvalue weighted by Crippen LogP contribution is 2.31. The highest BCUT2D eigenvalue weighted by Gasteiger charge is 2.34. The van der Waals surface area contributed by atoms with Gasteiger partial charge >= 0.3 is 0 Å². The van der Waals surface area contributed by atoms with E-state index >= 15 is 0 Å². The standard InChI is InChI=1S/C15H21NO4S/c1-21(17,18)13-10-16(11-13)9-12-4-5-14-15(8-12)20-7-3-2-6-19-14/h4-5,8,13H,2-3,6-7,9-11H2,1H3. The van der Waals surface area contributed by atoms with Gasteiger partial charge in [0.25, 0.3) is 0 Å². The van der Waals surface area contributed by atoms with Gasteiger partial charge in [-0.3, -0.25) is 4.90 Å². The summed E-state index contributed by atoms with van der Waals surface area (Å²) in [6, 6.07) is 5.98. The Morgan fingerprint density at radius 1 is 1.14 bits per heavy atom. The zero-order valence-electron chi connectivity index (χ0n) is 12.2. The number of benzene rings is 1. The summed E-state index contributed by atoms with van der Waals surface area (Å²) in [4.78, 5) is 2.14. The van der Waals surface area contributed by atoms with Crippen LogP contribution in [-0.2, 0) is 16.4 Å². The maximum absolute atomic E-state index is 11.4. The molecule has 0 radical (unpaired) electrons. The SMILES string of the molecule is CS(=O)(=O)C1CN(Cc2ccc3c(c2)OCCCCO3)C1. The van der Waals surface area contributed by atoms with Crippen molar-refractivity contribution in [2.45, 2.75) is 24.6 Å². The van der Waals surface area contributed by atoms with Gasteiger partial charge in [0.2, 0.25) is 0 Å². The predicted molar refractivity (Wildman–Crippen MR) is 80.6 cm³/mol. The van der Waals surface area contributed by atoms with Gasteiger partial charge in [0.15, 0.2) is 21.3 Å². The first kappa shape index (κ1) is 14.7. The highest BCUT2D eigenvalue weighted by molar-refractivity contribution is 7.91. The second-order valence-corrected chi connectivity index (χ2v) is 8.16. The third kappa shape index (κ3) is 3.49. The molecule has 0 amide bonds. The van der Waals surface area contributed by atoms with Crippen molar-refractivity contribution in [2.24, 2.45) is 0 Å². The molecule has 1 fully saturated rings. The summed E-state index contributed by atoms with van der Waals surface area (Å²) in [7, 11) is -2.90. The zero-order chi connectivity index (χ0) is 14.9. The van der Waals surface area contributed by atoms with E-state index in [1.807, 2.05) is 18.2 Å². The number of sulfone groups is 1. The highest BCUT2D eigenvalue weighted by atomic mass is 32.2. The molecule has 5 nitrogen and oxygen atoms in total. The van der Waals surface area contributed by atoms with E-state index in [0.29, 0.717) is 13.1 Å². The summed E-state index contributed by atoms with van der Waals surface area (Å²) >= 11 is 0. The first-order chi connectivity index (χ1) is 10.0. The van der Waals surface area contributed by atoms with Crippen molar-refractivity contribution in [1.82, 2.24) is 4.90 Å². The molecule has 2 aliphatic heterocycles. The molecule has 0 aliphatic carbocycles. The van der Waals surface area contributed by atoms with Gasteiger partial charge < -0.3 is 9.47 Å². The number of rotatable bonds is 3. The van der Waals surface area contributed by atoms with E-state index in [1.165, 1.54) is 6.26 Å². The minimum atomic E-state index is -2.90. The minimum Gasteiger partial charge on any atom is -0.490 e. The van der Waals surface area contributed by atoms with Crippen LogP contribution in [0.25, 0.3) is 0 Å². The molecule has 116 valence electrons. The molecule has 0 unspecified atom stereocenters. The van der Waals surface area contributed by atoms with Crippen molar-refractivity contribution >= 4 is 9.84 Å². The Kier molecular flexibility index (Phi) is 4.08. The van der Waals surface area contributed by atoms with Gasteiger partial charge in [0.1, 0.15) is 0 Å². The monoisotopic (exact) mass is 311 g/mol. The first-order valence-corrected chi connectivity index (χ1v) is 9.27. The summed E-state index contributed by atoms with van der Waals surface area (Å²) in [6.45, 7) is 3.45. The molecule has 0 atom stereocenters. The third-order valence-corrected chi connectivity index (χ3v) is 5.51. The smallest absolute Gasteiger partial charge is 0.161 e. The van der Waals surface area contributed by atoms with Crippen LogP contribution in [0.4, 0.5) is 0 Å². The van der Waals surface area contributed by atoms with Gasteiger partial charge in [0.05, 0.1) is 18.5 Å². The Bertz CT molecular complexity index is 608. The molecule has 0 aromatic heterocycles. The van der Waals surface area contributed by atoms with Crippen LogP contribution in [0.1, 0.15) is 18.4 Å². The molecule has 1 saturated heterocycles. The van der Waals surface area contributed by atoms with Crippen molar-refractivity contribution in [1.29, 1.82) is 0 Å². The average molecular weight is 311 g/mol. The summed E-state index contributed by atoms with van der Waals surface area (Å²) in [5, 5.41) is -0.207. The van der Waals surface area contributed by atoms with Crippen LogP contribution in [0, 0.1) is 0 Å². The second-order valence-electron chi connectivity index (χ2n) is 5.83. The summed E-state index contributed by atoms with van der Waals surface area (Å²) in [5.74, 6) is 1.60. The molecule has 0 spiro atoms. The molecule has 6 heteroatoms. The van der Waals surface area contributed by atoms with E-state index < -0.39 is 9.84 Å². The lowest BCUT2D eigenvalue weighted by atomic mass is 10.1. The van der Waals surface area contributed by atoms with Gasteiger partial charge in [-0.25, -0.2) is 8.42 Å². The van der Waals surface area contributed by atoms with E-state index in [4.69, 9.17) is 9.47 Å². The normalized spacial score (nSPS) is 20.4. The lowest BCUT2D eigenvalue weighted by Gasteiger charge is -2.38. The van der Waals surface area contributed by atoms with E-state index in [-0.39, 0.29) is 5.25 Å². The number of ether oxygens (including phenoxy) is 2. The van der Waals surface area contributed by atoms with E-state index in [9.17, 15) is 8.42 Å². The second kappa shape index (κ2) is 5.85. The van der Waals surface area contributed by atoms with Crippen molar-refractivity contribution in [3.05, 3.63) is 23.8 Å². The van der Waals surface area contributed by atoms with E-state index in [1.54, 1.807) is 0 Å². The van der Waals surface area contributed by atoms with Crippen LogP contribution < -0.4 is 9.47 Å². The molecule has 1 aromatic rings. The molecule has 2 aliphatic rings. The van der Waals surface area contributed by atoms with Crippen LogP contribution in [0.5, 0.6) is 11.5 Å². The Morgan fingerprint density at radius 2 is 1.81 bits per heavy atom. The van der Waals surface area contributed by atoms with E-state index in [0.717, 1.165) is 49.7 Å². The average Bonchev–Trinajstić information content (AvgIpc) is 2.33. The summed E-state index contributed by atoms with van der Waals surface area (Å²) in [5.41, 5.74) is 1.13. The van der Waals surface area contributed by atoms with Crippen molar-refractivity contribution in [3.8, 4) is 11.5 Å².